The van der Waals surface area contributed by atoms with Gasteiger partial charge in [-0.2, -0.15) is 0 Å². The Kier molecular flexibility index (Phi) is 10.6. The van der Waals surface area contributed by atoms with Crippen LogP contribution >= 0.6 is 0 Å². The van der Waals surface area contributed by atoms with Crippen molar-refractivity contribution in [2.24, 2.45) is 0 Å². The standard InChI is InChI=1S/C30H40N2O6/c1-6-19-38-24-16-13-22(20-25(24)36-5)27-26(28(33)21-11-14-23(15-12-21)37-9-4)29(34)30(35)32(27)18-10-17-31(7-2)8-3/h11-16,20,27,33H,6-10,17-19H2,1-5H3/t27-/m0/s1. The zero-order chi connectivity index (χ0) is 27.7. The highest BCUT2D eigenvalue weighted by molar-refractivity contribution is 6.46. The molecule has 1 saturated heterocycles. The summed E-state index contributed by atoms with van der Waals surface area (Å²) in [7, 11) is 1.55. The number of methoxy groups -OCH3 is 1. The SMILES string of the molecule is CCCOc1ccc([C@H]2C(=C(O)c3ccc(OCC)cc3)C(=O)C(=O)N2CCCN(CC)CC)cc1OC. The van der Waals surface area contributed by atoms with Gasteiger partial charge >= 0.3 is 0 Å². The fraction of sp³-hybridized carbons (Fsp3) is 0.467. The van der Waals surface area contributed by atoms with Crippen molar-refractivity contribution in [2.45, 2.75) is 46.6 Å². The van der Waals surface area contributed by atoms with E-state index in [9.17, 15) is 14.7 Å². The van der Waals surface area contributed by atoms with E-state index in [-0.39, 0.29) is 11.3 Å². The smallest absolute Gasteiger partial charge is 0.295 e. The third kappa shape index (κ3) is 6.48. The van der Waals surface area contributed by atoms with E-state index in [1.165, 1.54) is 0 Å². The molecule has 0 bridgehead atoms. The van der Waals surface area contributed by atoms with E-state index in [1.807, 2.05) is 19.9 Å². The molecule has 0 radical (unpaired) electrons. The molecule has 0 aliphatic carbocycles. The summed E-state index contributed by atoms with van der Waals surface area (Å²) in [6, 6.07) is 11.5. The summed E-state index contributed by atoms with van der Waals surface area (Å²) in [6.45, 7) is 12.2. The van der Waals surface area contributed by atoms with Crippen molar-refractivity contribution in [1.29, 1.82) is 0 Å². The normalized spacial score (nSPS) is 16.8. The van der Waals surface area contributed by atoms with E-state index in [1.54, 1.807) is 48.4 Å². The molecule has 0 aromatic heterocycles. The van der Waals surface area contributed by atoms with Crippen molar-refractivity contribution in [3.8, 4) is 17.2 Å². The Morgan fingerprint density at radius 1 is 0.974 bits per heavy atom. The summed E-state index contributed by atoms with van der Waals surface area (Å²) in [5.41, 5.74) is 1.17. The van der Waals surface area contributed by atoms with E-state index in [2.05, 4.69) is 18.7 Å². The lowest BCUT2D eigenvalue weighted by Gasteiger charge is -2.27. The number of likely N-dealkylation sites (tertiary alicyclic amines) is 1. The van der Waals surface area contributed by atoms with Crippen LogP contribution < -0.4 is 14.2 Å². The Labute approximate surface area is 225 Å². The van der Waals surface area contributed by atoms with Crippen LogP contribution in [0.25, 0.3) is 5.76 Å². The van der Waals surface area contributed by atoms with Crippen LogP contribution in [0, 0.1) is 0 Å². The van der Waals surface area contributed by atoms with E-state index in [0.717, 1.165) is 26.1 Å². The fourth-order valence-electron chi connectivity index (χ4n) is 4.68. The average molecular weight is 525 g/mol. The molecule has 8 nitrogen and oxygen atoms in total. The number of ketones is 1. The van der Waals surface area contributed by atoms with Crippen LogP contribution in [0.2, 0.25) is 0 Å². The molecule has 2 aromatic rings. The van der Waals surface area contributed by atoms with Gasteiger partial charge in [0.25, 0.3) is 11.7 Å². The molecule has 1 aliphatic rings. The quantitative estimate of drug-likeness (QED) is 0.211. The van der Waals surface area contributed by atoms with Crippen LogP contribution in [-0.4, -0.2) is 73.1 Å². The van der Waals surface area contributed by atoms with Gasteiger partial charge in [-0.25, -0.2) is 0 Å². The maximum atomic E-state index is 13.4. The van der Waals surface area contributed by atoms with Crippen molar-refractivity contribution in [3.63, 3.8) is 0 Å². The van der Waals surface area contributed by atoms with E-state index < -0.39 is 17.7 Å². The first-order valence-electron chi connectivity index (χ1n) is 13.4. The molecule has 1 heterocycles. The van der Waals surface area contributed by atoms with Crippen LogP contribution in [0.15, 0.2) is 48.0 Å². The largest absolute Gasteiger partial charge is 0.507 e. The average Bonchev–Trinajstić information content (AvgIpc) is 3.19. The number of amides is 1. The summed E-state index contributed by atoms with van der Waals surface area (Å²) in [5, 5.41) is 11.3. The molecule has 1 N–H and O–H groups in total. The van der Waals surface area contributed by atoms with Crippen molar-refractivity contribution in [2.75, 3.05) is 46.5 Å². The van der Waals surface area contributed by atoms with Gasteiger partial charge in [0.2, 0.25) is 0 Å². The van der Waals surface area contributed by atoms with Gasteiger partial charge in [-0.3, -0.25) is 9.59 Å². The minimum absolute atomic E-state index is 0.0614. The number of hydrogen-bond donors (Lipinski definition) is 1. The number of ether oxygens (including phenoxy) is 3. The zero-order valence-corrected chi connectivity index (χ0v) is 23.2. The van der Waals surface area contributed by atoms with Gasteiger partial charge < -0.3 is 29.1 Å². The van der Waals surface area contributed by atoms with Gasteiger partial charge in [-0.15, -0.1) is 0 Å². The van der Waals surface area contributed by atoms with Crippen LogP contribution in [-0.2, 0) is 9.59 Å². The Balaban J connectivity index is 2.06. The van der Waals surface area contributed by atoms with Gasteiger partial charge in [-0.05, 0) is 81.4 Å². The molecule has 0 unspecified atom stereocenters. The van der Waals surface area contributed by atoms with Gasteiger partial charge in [0.1, 0.15) is 11.5 Å². The Bertz CT molecular complexity index is 1120. The van der Waals surface area contributed by atoms with Crippen molar-refractivity contribution >= 4 is 17.4 Å². The summed E-state index contributed by atoms with van der Waals surface area (Å²) in [5.74, 6) is 0.216. The predicted octanol–water partition coefficient (Wildman–Crippen LogP) is 5.04. The number of nitrogens with zero attached hydrogens (tertiary/aromatic N) is 2. The van der Waals surface area contributed by atoms with Gasteiger partial charge in [0.05, 0.1) is 31.9 Å². The first kappa shape index (κ1) is 29.0. The van der Waals surface area contributed by atoms with E-state index >= 15 is 0 Å². The second-order valence-electron chi connectivity index (χ2n) is 9.09. The molecule has 1 aliphatic heterocycles. The topological polar surface area (TPSA) is 88.5 Å². The minimum atomic E-state index is -0.757. The second kappa shape index (κ2) is 13.9. The first-order chi connectivity index (χ1) is 18.4. The highest BCUT2D eigenvalue weighted by Gasteiger charge is 2.46. The van der Waals surface area contributed by atoms with Crippen molar-refractivity contribution < 1.29 is 28.9 Å². The van der Waals surface area contributed by atoms with E-state index in [4.69, 9.17) is 14.2 Å². The third-order valence-corrected chi connectivity index (χ3v) is 6.71. The van der Waals surface area contributed by atoms with Crippen LogP contribution in [0.1, 0.15) is 57.7 Å². The molecule has 0 saturated carbocycles. The summed E-state index contributed by atoms with van der Waals surface area (Å²) in [6.07, 6.45) is 1.54. The van der Waals surface area contributed by atoms with Gasteiger partial charge in [0, 0.05) is 12.1 Å². The number of aliphatic hydroxyl groups excluding tert-OH is 1. The molecule has 8 heteroatoms. The molecule has 0 spiro atoms. The Hall–Kier alpha value is -3.52. The lowest BCUT2D eigenvalue weighted by molar-refractivity contribution is -0.140. The highest BCUT2D eigenvalue weighted by atomic mass is 16.5. The molecular formula is C30H40N2O6. The monoisotopic (exact) mass is 524 g/mol. The molecule has 206 valence electrons. The number of rotatable bonds is 14. The van der Waals surface area contributed by atoms with Crippen LogP contribution in [0.3, 0.4) is 0 Å². The number of carbonyl (C=O) groups is 2. The molecular weight excluding hydrogens is 484 g/mol. The van der Waals surface area contributed by atoms with E-state index in [0.29, 0.717) is 54.6 Å². The third-order valence-electron chi connectivity index (χ3n) is 6.71. The predicted molar refractivity (Wildman–Crippen MR) is 148 cm³/mol. The molecule has 2 aromatic carbocycles. The van der Waals surface area contributed by atoms with Crippen molar-refractivity contribution in [1.82, 2.24) is 9.80 Å². The Morgan fingerprint density at radius 2 is 1.68 bits per heavy atom. The number of benzene rings is 2. The summed E-state index contributed by atoms with van der Waals surface area (Å²) >= 11 is 0. The molecule has 1 fully saturated rings. The molecule has 1 amide bonds. The second-order valence-corrected chi connectivity index (χ2v) is 9.09. The molecule has 1 atom stereocenters. The molecule has 38 heavy (non-hydrogen) atoms. The maximum Gasteiger partial charge on any atom is 0.295 e. The highest BCUT2D eigenvalue weighted by Crippen LogP contribution is 2.42. The Morgan fingerprint density at radius 3 is 2.29 bits per heavy atom. The fourth-order valence-corrected chi connectivity index (χ4v) is 4.68. The van der Waals surface area contributed by atoms with Crippen LogP contribution in [0.5, 0.6) is 17.2 Å². The zero-order valence-electron chi connectivity index (χ0n) is 23.2. The first-order valence-corrected chi connectivity index (χ1v) is 13.4. The number of aliphatic hydroxyl groups is 1. The van der Waals surface area contributed by atoms with Crippen molar-refractivity contribution in [3.05, 3.63) is 59.2 Å². The summed E-state index contributed by atoms with van der Waals surface area (Å²) < 4.78 is 16.9. The van der Waals surface area contributed by atoms with Gasteiger partial charge in [-0.1, -0.05) is 26.8 Å². The number of Topliss-reactive ketones (excluding diaryl/α,β-unsaturated/α-hetero) is 1. The maximum absolute atomic E-state index is 13.4. The van der Waals surface area contributed by atoms with Gasteiger partial charge in [0.15, 0.2) is 11.5 Å². The lowest BCUT2D eigenvalue weighted by Crippen LogP contribution is -2.33. The van der Waals surface area contributed by atoms with Crippen LogP contribution in [0.4, 0.5) is 0 Å². The number of carbonyl (C=O) groups excluding carboxylic acids is 2. The lowest BCUT2D eigenvalue weighted by atomic mass is 9.95. The number of hydrogen-bond acceptors (Lipinski definition) is 7. The summed E-state index contributed by atoms with van der Waals surface area (Å²) in [4.78, 5) is 30.5. The molecule has 3 rings (SSSR count). The minimum Gasteiger partial charge on any atom is -0.507 e.